The van der Waals surface area contributed by atoms with E-state index in [1.165, 1.54) is 6.07 Å². The fourth-order valence-electron chi connectivity index (χ4n) is 6.26. The Hall–Kier alpha value is -3.17. The molecular formula is C32H47N4O5+. The Kier molecular flexibility index (Phi) is 10.3. The lowest BCUT2D eigenvalue weighted by Gasteiger charge is -2.31. The van der Waals surface area contributed by atoms with Crippen LogP contribution in [0, 0.1) is 5.92 Å². The molecule has 2 aromatic rings. The van der Waals surface area contributed by atoms with Gasteiger partial charge >= 0.3 is 5.97 Å². The smallest absolute Gasteiger partial charge is 0.308 e. The number of carbonyl (C=O) groups is 2. The van der Waals surface area contributed by atoms with E-state index in [9.17, 15) is 19.5 Å². The number of unbranched alkanes of at least 4 members (excludes halogenated alkanes) is 1. The van der Waals surface area contributed by atoms with E-state index in [1.54, 1.807) is 16.8 Å². The van der Waals surface area contributed by atoms with E-state index < -0.39 is 11.9 Å². The highest BCUT2D eigenvalue weighted by Crippen LogP contribution is 2.41. The lowest BCUT2D eigenvalue weighted by atomic mass is 9.83. The van der Waals surface area contributed by atoms with Gasteiger partial charge in [0.15, 0.2) is 0 Å². The number of carboxylic acids is 1. The number of aliphatic carboxylic acids is 1. The molecule has 1 amide bonds. The summed E-state index contributed by atoms with van der Waals surface area (Å²) in [6.07, 6.45) is 5.87. The van der Waals surface area contributed by atoms with Gasteiger partial charge in [-0.2, -0.15) is 0 Å². The standard InChI is InChI=1S/C32H46N4O5/c1-5-6-15-33(17-9-19-36(2,3)4)30(38)23-35-22-26(24-11-12-28-25(21-24)14-20-41-28)31(32(39)40)27(35)13-18-34-16-8-7-10-29(34)37/h7-8,10-12,16,21,26-27,31H,5-6,9,13-15,17-20,22-23H2,1-4H3/p+1. The molecule has 3 atom stereocenters. The Bertz CT molecular complexity index is 1250. The van der Waals surface area contributed by atoms with Gasteiger partial charge < -0.3 is 23.8 Å². The molecule has 0 saturated carbocycles. The Morgan fingerprint density at radius 1 is 1.12 bits per heavy atom. The molecule has 1 aromatic heterocycles. The Labute approximate surface area is 243 Å². The molecule has 4 rings (SSSR count). The molecule has 0 aliphatic carbocycles. The van der Waals surface area contributed by atoms with Crippen LogP contribution in [0.2, 0.25) is 0 Å². The van der Waals surface area contributed by atoms with Crippen molar-refractivity contribution in [3.8, 4) is 5.75 Å². The van der Waals surface area contributed by atoms with Gasteiger partial charge in [-0.15, -0.1) is 0 Å². The van der Waals surface area contributed by atoms with Crippen LogP contribution in [0.15, 0.2) is 47.4 Å². The second kappa shape index (κ2) is 13.7. The first-order chi connectivity index (χ1) is 19.6. The number of benzene rings is 1. The van der Waals surface area contributed by atoms with Crippen molar-refractivity contribution < 1.29 is 23.9 Å². The van der Waals surface area contributed by atoms with Gasteiger partial charge in [0.1, 0.15) is 5.75 Å². The Morgan fingerprint density at radius 2 is 1.90 bits per heavy atom. The highest BCUT2D eigenvalue weighted by atomic mass is 16.5. The summed E-state index contributed by atoms with van der Waals surface area (Å²) >= 11 is 0. The molecule has 0 bridgehead atoms. The van der Waals surface area contributed by atoms with Crippen molar-refractivity contribution in [3.63, 3.8) is 0 Å². The van der Waals surface area contributed by atoms with Crippen molar-refractivity contribution in [1.29, 1.82) is 0 Å². The molecule has 224 valence electrons. The van der Waals surface area contributed by atoms with Crippen LogP contribution in [0.1, 0.15) is 49.7 Å². The highest BCUT2D eigenvalue weighted by molar-refractivity contribution is 5.79. The average Bonchev–Trinajstić information content (AvgIpc) is 3.53. The third-order valence-electron chi connectivity index (χ3n) is 8.47. The topological polar surface area (TPSA) is 92.1 Å². The van der Waals surface area contributed by atoms with Crippen LogP contribution in [0.4, 0.5) is 0 Å². The summed E-state index contributed by atoms with van der Waals surface area (Å²) < 4.78 is 8.15. The van der Waals surface area contributed by atoms with Gasteiger partial charge in [-0.25, -0.2) is 0 Å². The summed E-state index contributed by atoms with van der Waals surface area (Å²) in [5.41, 5.74) is 1.97. The molecule has 41 heavy (non-hydrogen) atoms. The Balaban J connectivity index is 1.58. The van der Waals surface area contributed by atoms with E-state index in [-0.39, 0.29) is 30.0 Å². The molecule has 1 N–H and O–H groups in total. The average molecular weight is 568 g/mol. The van der Waals surface area contributed by atoms with Crippen LogP contribution in [-0.2, 0) is 22.6 Å². The molecule has 1 aromatic carbocycles. The number of quaternary nitrogens is 1. The normalized spacial score (nSPS) is 20.5. The number of likely N-dealkylation sites (tertiary alicyclic amines) is 1. The molecular weight excluding hydrogens is 520 g/mol. The van der Waals surface area contributed by atoms with Gasteiger partial charge in [0.25, 0.3) is 0 Å². The number of fused-ring (bicyclic) bond motifs is 1. The van der Waals surface area contributed by atoms with E-state index in [2.05, 4.69) is 39.0 Å². The van der Waals surface area contributed by atoms with E-state index >= 15 is 0 Å². The van der Waals surface area contributed by atoms with Crippen molar-refractivity contribution in [2.75, 3.05) is 60.5 Å². The minimum absolute atomic E-state index is 0.0499. The summed E-state index contributed by atoms with van der Waals surface area (Å²) in [5.74, 6) is -0.895. The molecule has 0 radical (unpaired) electrons. The number of rotatable bonds is 14. The first-order valence-electron chi connectivity index (χ1n) is 15.0. The zero-order valence-electron chi connectivity index (χ0n) is 25.1. The fraction of sp³-hybridized carbons (Fsp3) is 0.594. The van der Waals surface area contributed by atoms with E-state index in [0.29, 0.717) is 39.2 Å². The van der Waals surface area contributed by atoms with Crippen LogP contribution in [-0.4, -0.2) is 102 Å². The van der Waals surface area contributed by atoms with Gasteiger partial charge in [0.05, 0.1) is 46.8 Å². The van der Waals surface area contributed by atoms with Crippen molar-refractivity contribution in [3.05, 3.63) is 64.1 Å². The van der Waals surface area contributed by atoms with Gasteiger partial charge in [0, 0.05) is 63.2 Å². The summed E-state index contributed by atoms with van der Waals surface area (Å²) in [5, 5.41) is 10.5. The minimum Gasteiger partial charge on any atom is -0.493 e. The predicted molar refractivity (Wildman–Crippen MR) is 159 cm³/mol. The minimum atomic E-state index is -0.863. The first-order valence-corrected chi connectivity index (χ1v) is 15.0. The number of carbonyl (C=O) groups excluding carboxylic acids is 1. The monoisotopic (exact) mass is 567 g/mol. The largest absolute Gasteiger partial charge is 0.493 e. The second-order valence-electron chi connectivity index (χ2n) is 12.6. The number of amides is 1. The summed E-state index contributed by atoms with van der Waals surface area (Å²) in [4.78, 5) is 43.1. The molecule has 1 fully saturated rings. The van der Waals surface area contributed by atoms with E-state index in [1.807, 2.05) is 23.1 Å². The number of carboxylic acid groups (broad SMARTS) is 1. The SMILES string of the molecule is CCCCN(CCC[N+](C)(C)C)C(=O)CN1CC(c2ccc3c(c2)CCO3)C(C(=O)O)C1CCn1ccccc1=O. The molecule has 1 saturated heterocycles. The van der Waals surface area contributed by atoms with Crippen molar-refractivity contribution in [2.45, 2.75) is 57.5 Å². The van der Waals surface area contributed by atoms with Gasteiger partial charge in [-0.05, 0) is 36.1 Å². The molecule has 3 heterocycles. The zero-order valence-corrected chi connectivity index (χ0v) is 25.1. The van der Waals surface area contributed by atoms with Gasteiger partial charge in [-0.1, -0.05) is 31.5 Å². The maximum atomic E-state index is 13.8. The summed E-state index contributed by atoms with van der Waals surface area (Å²) in [6.45, 7) is 6.20. The summed E-state index contributed by atoms with van der Waals surface area (Å²) in [6, 6.07) is 10.7. The second-order valence-corrected chi connectivity index (χ2v) is 12.6. The van der Waals surface area contributed by atoms with E-state index in [0.717, 1.165) is 53.6 Å². The number of pyridine rings is 1. The predicted octanol–water partition coefficient (Wildman–Crippen LogP) is 3.07. The lowest BCUT2D eigenvalue weighted by molar-refractivity contribution is -0.870. The highest BCUT2D eigenvalue weighted by Gasteiger charge is 2.47. The lowest BCUT2D eigenvalue weighted by Crippen LogP contribution is -2.46. The van der Waals surface area contributed by atoms with Crippen LogP contribution in [0.25, 0.3) is 0 Å². The molecule has 2 aliphatic rings. The number of ether oxygens (including phenoxy) is 1. The number of hydrogen-bond acceptors (Lipinski definition) is 5. The third-order valence-corrected chi connectivity index (χ3v) is 8.47. The van der Waals surface area contributed by atoms with Crippen molar-refractivity contribution in [1.82, 2.24) is 14.4 Å². The molecule has 9 heteroatoms. The maximum Gasteiger partial charge on any atom is 0.308 e. The zero-order chi connectivity index (χ0) is 29.6. The maximum absolute atomic E-state index is 13.8. The summed E-state index contributed by atoms with van der Waals surface area (Å²) in [7, 11) is 6.47. The van der Waals surface area contributed by atoms with Crippen molar-refractivity contribution in [2.24, 2.45) is 5.92 Å². The van der Waals surface area contributed by atoms with Gasteiger partial charge in [-0.3, -0.25) is 19.3 Å². The fourth-order valence-corrected chi connectivity index (χ4v) is 6.26. The number of hydrogen-bond donors (Lipinski definition) is 1. The quantitative estimate of drug-likeness (QED) is 0.353. The number of nitrogens with zero attached hydrogens (tertiary/aromatic N) is 4. The number of aryl methyl sites for hydroxylation is 1. The first kappa shape index (κ1) is 30.8. The van der Waals surface area contributed by atoms with E-state index in [4.69, 9.17) is 4.74 Å². The van der Waals surface area contributed by atoms with Crippen molar-refractivity contribution >= 4 is 11.9 Å². The van der Waals surface area contributed by atoms with Crippen LogP contribution in [0.5, 0.6) is 5.75 Å². The molecule has 0 spiro atoms. The molecule has 9 nitrogen and oxygen atoms in total. The molecule has 3 unspecified atom stereocenters. The van der Waals surface area contributed by atoms with Crippen LogP contribution < -0.4 is 10.3 Å². The Morgan fingerprint density at radius 3 is 2.61 bits per heavy atom. The van der Waals surface area contributed by atoms with Crippen LogP contribution >= 0.6 is 0 Å². The molecule has 2 aliphatic heterocycles. The number of aromatic nitrogens is 1. The van der Waals surface area contributed by atoms with Crippen LogP contribution in [0.3, 0.4) is 0 Å². The van der Waals surface area contributed by atoms with Gasteiger partial charge in [0.2, 0.25) is 11.5 Å². The third kappa shape index (κ3) is 7.98.